The third-order valence-electron chi connectivity index (χ3n) is 10.6. The number of hydrogen-bond acceptors (Lipinski definition) is 11. The maximum absolute atomic E-state index is 14.8. The van der Waals surface area contributed by atoms with Crippen molar-refractivity contribution >= 4 is 65.8 Å². The third kappa shape index (κ3) is 8.55. The molecule has 6 rings (SSSR count). The van der Waals surface area contributed by atoms with E-state index in [-0.39, 0.29) is 42.6 Å². The van der Waals surface area contributed by atoms with Gasteiger partial charge in [-0.05, 0) is 73.1 Å². The smallest absolute Gasteiger partial charge is 0.259 e. The second-order valence-corrected chi connectivity index (χ2v) is 19.9. The molecule has 0 radical (unpaired) electrons. The molecule has 304 valence electrons. The molecule has 0 spiro atoms. The number of likely N-dealkylation sites (tertiary alicyclic amines) is 1. The summed E-state index contributed by atoms with van der Waals surface area (Å²) in [5.74, 6) is -1.44. The van der Waals surface area contributed by atoms with Gasteiger partial charge in [-0.3, -0.25) is 19.1 Å². The standard InChI is InChI=1S/C38H49ClN6O9S2/c1-7-22-19-38(22,36(48)44-56(51,52)27-14-15-27)43-33(46)30-18-25(54-34-29-17-23(39)9-16-28(29)31(53-6)20-40-34)21-45(30)35(47)32(37(3,4)5)42-24-10-12-26(13-11-24)55(49,50)41-8-2/h9-13,16-17,20,22,25,27,30,32,41-42H,7-8,14-15,18-19,21H2,1-6H3,(H,43,46)(H,44,48)/t22-,25-,30+,32?,38-/m1/s1. The number of benzene rings is 2. The highest BCUT2D eigenvalue weighted by Gasteiger charge is 2.62. The molecule has 2 aromatic carbocycles. The number of methoxy groups -OCH3 is 1. The Kier molecular flexibility index (Phi) is 11.6. The summed E-state index contributed by atoms with van der Waals surface area (Å²) in [4.78, 5) is 48.8. The summed E-state index contributed by atoms with van der Waals surface area (Å²) in [7, 11) is -6.08. The number of sulfonamides is 2. The molecule has 15 nitrogen and oxygen atoms in total. The minimum atomic E-state index is -3.89. The van der Waals surface area contributed by atoms with E-state index in [9.17, 15) is 31.2 Å². The number of ether oxygens (including phenoxy) is 2. The highest BCUT2D eigenvalue weighted by molar-refractivity contribution is 7.91. The Morgan fingerprint density at radius 1 is 1.04 bits per heavy atom. The predicted octanol–water partition coefficient (Wildman–Crippen LogP) is 3.96. The number of fused-ring (bicyclic) bond motifs is 1. The molecular weight excluding hydrogens is 784 g/mol. The summed E-state index contributed by atoms with van der Waals surface area (Å²) in [6.07, 6.45) is 2.48. The number of pyridine rings is 1. The highest BCUT2D eigenvalue weighted by Crippen LogP contribution is 2.47. The summed E-state index contributed by atoms with van der Waals surface area (Å²) in [6.45, 7) is 9.31. The maximum Gasteiger partial charge on any atom is 0.259 e. The first-order valence-corrected chi connectivity index (χ1v) is 22.1. The van der Waals surface area contributed by atoms with Gasteiger partial charge in [-0.25, -0.2) is 26.5 Å². The van der Waals surface area contributed by atoms with Crippen LogP contribution in [0.1, 0.15) is 66.7 Å². The number of anilines is 1. The van der Waals surface area contributed by atoms with Crippen molar-refractivity contribution in [1.29, 1.82) is 0 Å². The van der Waals surface area contributed by atoms with Gasteiger partial charge in [0, 0.05) is 34.4 Å². The van der Waals surface area contributed by atoms with Gasteiger partial charge in [0.1, 0.15) is 29.5 Å². The second kappa shape index (κ2) is 15.6. The number of amides is 3. The van der Waals surface area contributed by atoms with E-state index in [0.29, 0.717) is 46.5 Å². The van der Waals surface area contributed by atoms with E-state index in [4.69, 9.17) is 21.1 Å². The van der Waals surface area contributed by atoms with Crippen LogP contribution in [0.15, 0.2) is 53.6 Å². The minimum absolute atomic E-state index is 0.0239. The molecular formula is C38H49ClN6O9S2. The van der Waals surface area contributed by atoms with Crippen LogP contribution in [0.4, 0.5) is 5.69 Å². The van der Waals surface area contributed by atoms with Crippen LogP contribution < -0.4 is 29.6 Å². The maximum atomic E-state index is 14.8. The zero-order valence-electron chi connectivity index (χ0n) is 32.2. The number of nitrogens with zero attached hydrogens (tertiary/aromatic N) is 2. The Balaban J connectivity index is 1.31. The number of rotatable bonds is 15. The average Bonchev–Trinajstić information content (AvgIpc) is 4.07. The first kappa shape index (κ1) is 41.4. The molecule has 2 saturated carbocycles. The van der Waals surface area contributed by atoms with Crippen LogP contribution in [0.25, 0.3) is 10.8 Å². The van der Waals surface area contributed by atoms with Crippen LogP contribution in [-0.4, -0.2) is 93.6 Å². The molecule has 1 unspecified atom stereocenters. The molecule has 2 heterocycles. The van der Waals surface area contributed by atoms with E-state index in [2.05, 4.69) is 25.1 Å². The lowest BCUT2D eigenvalue weighted by Crippen LogP contribution is -2.58. The van der Waals surface area contributed by atoms with Crippen molar-refractivity contribution < 1.29 is 40.7 Å². The van der Waals surface area contributed by atoms with Gasteiger partial charge in [-0.15, -0.1) is 0 Å². The number of nitrogens with one attached hydrogen (secondary N) is 4. The van der Waals surface area contributed by atoms with Gasteiger partial charge >= 0.3 is 0 Å². The zero-order chi connectivity index (χ0) is 40.8. The molecule has 3 amide bonds. The van der Waals surface area contributed by atoms with Crippen molar-refractivity contribution in [3.05, 3.63) is 53.7 Å². The molecule has 3 aliphatic rings. The average molecular weight is 833 g/mol. The third-order valence-corrected chi connectivity index (χ3v) is 14.2. The molecule has 0 bridgehead atoms. The largest absolute Gasteiger partial charge is 0.494 e. The fraction of sp³-hybridized carbons (Fsp3) is 0.526. The van der Waals surface area contributed by atoms with Crippen LogP contribution in [0.3, 0.4) is 0 Å². The zero-order valence-corrected chi connectivity index (χ0v) is 34.6. The molecule has 18 heteroatoms. The summed E-state index contributed by atoms with van der Waals surface area (Å²) >= 11 is 6.36. The van der Waals surface area contributed by atoms with Gasteiger partial charge < -0.3 is 25.0 Å². The molecule has 1 aliphatic heterocycles. The Labute approximate surface area is 332 Å². The Morgan fingerprint density at radius 2 is 1.73 bits per heavy atom. The Bertz CT molecular complexity index is 2230. The fourth-order valence-corrected chi connectivity index (χ4v) is 9.81. The molecule has 1 saturated heterocycles. The normalized spacial score (nSPS) is 23.0. The summed E-state index contributed by atoms with van der Waals surface area (Å²) in [5.41, 5.74) is -1.70. The second-order valence-electron chi connectivity index (χ2n) is 15.7. The minimum Gasteiger partial charge on any atom is -0.494 e. The van der Waals surface area contributed by atoms with Crippen molar-refractivity contribution in [3.8, 4) is 11.6 Å². The van der Waals surface area contributed by atoms with Crippen LogP contribution in [0.2, 0.25) is 5.02 Å². The van der Waals surface area contributed by atoms with E-state index in [1.807, 2.05) is 27.7 Å². The summed E-state index contributed by atoms with van der Waals surface area (Å²) in [6, 6.07) is 9.15. The van der Waals surface area contributed by atoms with Gasteiger partial charge in [-0.2, -0.15) is 0 Å². The molecule has 3 fully saturated rings. The number of hydrogen-bond donors (Lipinski definition) is 4. The molecule has 56 heavy (non-hydrogen) atoms. The van der Waals surface area contributed by atoms with Crippen molar-refractivity contribution in [3.63, 3.8) is 0 Å². The summed E-state index contributed by atoms with van der Waals surface area (Å²) in [5, 5.41) is 7.19. The van der Waals surface area contributed by atoms with Crippen molar-refractivity contribution in [2.75, 3.05) is 25.5 Å². The summed E-state index contributed by atoms with van der Waals surface area (Å²) < 4.78 is 67.3. The number of carbonyl (C=O) groups is 3. The van der Waals surface area contributed by atoms with Crippen molar-refractivity contribution in [2.24, 2.45) is 11.3 Å². The van der Waals surface area contributed by atoms with Gasteiger partial charge in [0.05, 0.1) is 30.0 Å². The Morgan fingerprint density at radius 3 is 2.32 bits per heavy atom. The quantitative estimate of drug-likeness (QED) is 0.173. The fourth-order valence-electron chi connectivity index (χ4n) is 7.23. The monoisotopic (exact) mass is 832 g/mol. The first-order chi connectivity index (χ1) is 26.3. The molecule has 4 N–H and O–H groups in total. The number of halogens is 1. The van der Waals surface area contributed by atoms with Gasteiger partial charge in [0.2, 0.25) is 37.7 Å². The number of aromatic nitrogens is 1. The lowest BCUT2D eigenvalue weighted by Gasteiger charge is -2.36. The van der Waals surface area contributed by atoms with Crippen LogP contribution in [0, 0.1) is 11.3 Å². The number of carbonyl (C=O) groups excluding carboxylic acids is 3. The van der Waals surface area contributed by atoms with E-state index < -0.39 is 72.2 Å². The van der Waals surface area contributed by atoms with Crippen molar-refractivity contribution in [2.45, 2.75) is 101 Å². The van der Waals surface area contributed by atoms with E-state index in [0.717, 1.165) is 0 Å². The molecule has 1 aromatic heterocycles. The topological polar surface area (TPSA) is 202 Å². The van der Waals surface area contributed by atoms with E-state index in [1.54, 1.807) is 37.3 Å². The predicted molar refractivity (Wildman–Crippen MR) is 211 cm³/mol. The lowest BCUT2D eigenvalue weighted by molar-refractivity contribution is -0.141. The van der Waals surface area contributed by atoms with Crippen molar-refractivity contribution in [1.82, 2.24) is 24.6 Å². The molecule has 2 aliphatic carbocycles. The van der Waals surface area contributed by atoms with Crippen LogP contribution in [-0.2, 0) is 34.4 Å². The van der Waals surface area contributed by atoms with Gasteiger partial charge in [-0.1, -0.05) is 52.6 Å². The molecule has 5 atom stereocenters. The first-order valence-electron chi connectivity index (χ1n) is 18.7. The van der Waals surface area contributed by atoms with Gasteiger partial charge in [0.25, 0.3) is 5.91 Å². The van der Waals surface area contributed by atoms with Gasteiger partial charge in [0.15, 0.2) is 0 Å². The van der Waals surface area contributed by atoms with E-state index >= 15 is 0 Å². The molecule has 3 aromatic rings. The van der Waals surface area contributed by atoms with E-state index in [1.165, 1.54) is 30.3 Å². The SMILES string of the molecule is CCNS(=O)(=O)c1ccc(NC(C(=O)N2C[C@H](Oc3ncc(OC)c4ccc(Cl)cc34)C[C@H]2C(=O)N[C@]2(C(=O)NS(=O)(=O)C3CC3)C[C@H]2CC)C(C)(C)C)cc1. The van der Waals surface area contributed by atoms with Crippen LogP contribution in [0.5, 0.6) is 11.6 Å². The van der Waals surface area contributed by atoms with Crippen LogP contribution >= 0.6 is 11.6 Å². The Hall–Kier alpha value is -4.19. The highest BCUT2D eigenvalue weighted by atomic mass is 35.5. The lowest BCUT2D eigenvalue weighted by atomic mass is 9.85.